The van der Waals surface area contributed by atoms with Gasteiger partial charge in [-0.25, -0.2) is 0 Å². The van der Waals surface area contributed by atoms with Gasteiger partial charge in [-0.3, -0.25) is 0 Å². The molecule has 0 aromatic rings. The first-order valence-corrected chi connectivity index (χ1v) is 1.93. The smallest absolute Gasteiger partial charge is 0.753 e. The fraction of sp³-hybridized carbons (Fsp3) is 0. The van der Waals surface area contributed by atoms with Gasteiger partial charge in [-0.15, -0.1) is 0 Å². The normalized spacial score (nSPS) is 4.31. The van der Waals surface area contributed by atoms with Crippen molar-refractivity contribution in [2.75, 3.05) is 0 Å². The zero-order chi connectivity index (χ0) is 9.86. The van der Waals surface area contributed by atoms with Gasteiger partial charge < -0.3 is 42.2 Å². The Morgan fingerprint density at radius 3 is 1.08 bits per heavy atom. The second kappa shape index (κ2) is 31.0. The minimum atomic E-state index is -1.75. The van der Waals surface area contributed by atoms with Crippen LogP contribution in [0.5, 0.6) is 0 Å². The van der Waals surface area contributed by atoms with Crippen LogP contribution in [0.1, 0.15) is 0 Å². The largest absolute Gasteiger partial charge is 2.00 e. The van der Waals surface area contributed by atoms with Gasteiger partial charge in [0.15, 0.2) is 0 Å². The van der Waals surface area contributed by atoms with Crippen molar-refractivity contribution in [1.29, 1.82) is 0 Å². The summed E-state index contributed by atoms with van der Waals surface area (Å²) in [7, 11) is 0. The van der Waals surface area contributed by atoms with E-state index in [2.05, 4.69) is 12.2 Å². The summed E-state index contributed by atoms with van der Waals surface area (Å²) in [5.41, 5.74) is 0. The summed E-state index contributed by atoms with van der Waals surface area (Å²) < 4.78 is 0. The molecule has 0 fully saturated rings. The van der Waals surface area contributed by atoms with Gasteiger partial charge in [0.25, 0.3) is 0 Å². The maximum Gasteiger partial charge on any atom is 2.00 e. The molecule has 0 atom stereocenters. The Kier molecular flexibility index (Phi) is 71.3. The maximum absolute atomic E-state index is 8.25. The number of hydrogen-bond donors (Lipinski definition) is 1. The Hall–Kier alpha value is -1.33. The average Bonchev–Trinajstić information content (AvgIpc) is 1.60. The Balaban J connectivity index is -0.0000000231. The molecule has 0 rings (SSSR count). The van der Waals surface area contributed by atoms with Crippen LogP contribution in [0.3, 0.4) is 0 Å². The molecule has 0 amide bonds. The van der Waals surface area contributed by atoms with Gasteiger partial charge in [-0.1, -0.05) is 12.2 Å². The van der Waals surface area contributed by atoms with Crippen LogP contribution in [0.25, 0.3) is 5.41 Å². The van der Waals surface area contributed by atoms with E-state index in [1.807, 2.05) is 0 Å². The van der Waals surface area contributed by atoms with Gasteiger partial charge in [-0.05, 0) is 0 Å². The van der Waals surface area contributed by atoms with E-state index in [1.54, 1.807) is 0 Å². The molecular formula is CH4CoN4O6S. The number of rotatable bonds is 0. The first-order chi connectivity index (χ1) is 4.88. The summed E-state index contributed by atoms with van der Waals surface area (Å²) in [6, 6.07) is 0. The van der Waals surface area contributed by atoms with Gasteiger partial charge in [0.1, 0.15) is 0 Å². The molecule has 0 aromatic heterocycles. The second-order valence-corrected chi connectivity index (χ2v) is 0.721. The Bertz CT molecular complexity index is 137. The van der Waals surface area contributed by atoms with E-state index < -0.39 is 10.2 Å². The standard InChI is InChI=1S/CNS.Co.2NO3.H3N/c2-1-3;;2*2-1(3)4;/h;;;;1H3/q-1;+2;2*-1;/p+1. The van der Waals surface area contributed by atoms with Crippen molar-refractivity contribution in [2.45, 2.75) is 0 Å². The number of hydrogen-bond acceptors (Lipinski definition) is 7. The molecule has 1 radical (unpaired) electrons. The number of thiocarbonyl (C=S) groups is 1. The van der Waals surface area contributed by atoms with Crippen molar-refractivity contribution in [1.82, 2.24) is 6.15 Å². The molecule has 0 saturated heterocycles. The molecular weight excluding hydrogens is 255 g/mol. The zero-order valence-corrected chi connectivity index (χ0v) is 7.89. The maximum atomic E-state index is 8.25. The number of isothiocyanates is 1. The van der Waals surface area contributed by atoms with Crippen molar-refractivity contribution in [3.63, 3.8) is 0 Å². The molecule has 0 aliphatic carbocycles. The first-order valence-electron chi connectivity index (χ1n) is 1.52. The molecule has 0 spiro atoms. The van der Waals surface area contributed by atoms with Crippen LogP contribution in [0.15, 0.2) is 0 Å². The van der Waals surface area contributed by atoms with Crippen molar-refractivity contribution in [3.05, 3.63) is 36.1 Å². The van der Waals surface area contributed by atoms with E-state index in [4.69, 9.17) is 36.1 Å². The predicted octanol–water partition coefficient (Wildman–Crippen LogP) is 0.554. The molecule has 12 heteroatoms. The molecule has 10 nitrogen and oxygen atoms in total. The molecule has 0 unspecified atom stereocenters. The van der Waals surface area contributed by atoms with Crippen molar-refractivity contribution >= 4 is 17.4 Å². The molecule has 0 aliphatic rings. The monoisotopic (exact) mass is 259 g/mol. The number of nitrogens with zero attached hydrogens (tertiary/aromatic N) is 3. The third kappa shape index (κ3) is 451. The van der Waals surface area contributed by atoms with Crippen LogP contribution in [0.4, 0.5) is 0 Å². The summed E-state index contributed by atoms with van der Waals surface area (Å²) >= 11 is 3.70. The third-order valence-corrected chi connectivity index (χ3v) is 0. The zero-order valence-electron chi connectivity index (χ0n) is 6.03. The quantitative estimate of drug-likeness (QED) is 0.284. The van der Waals surface area contributed by atoms with E-state index in [1.165, 1.54) is 5.16 Å². The van der Waals surface area contributed by atoms with Crippen LogP contribution in [-0.4, -0.2) is 15.3 Å². The fourth-order valence-corrected chi connectivity index (χ4v) is 0. The van der Waals surface area contributed by atoms with Crippen LogP contribution >= 0.6 is 12.2 Å². The van der Waals surface area contributed by atoms with Crippen molar-refractivity contribution in [2.24, 2.45) is 0 Å². The van der Waals surface area contributed by atoms with Gasteiger partial charge in [0.2, 0.25) is 0 Å². The third-order valence-electron chi connectivity index (χ3n) is 0. The molecule has 0 aromatic carbocycles. The molecule has 0 bridgehead atoms. The number of quaternary nitrogens is 1. The molecule has 0 heterocycles. The minimum absolute atomic E-state index is 0. The van der Waals surface area contributed by atoms with E-state index >= 15 is 0 Å². The van der Waals surface area contributed by atoms with Gasteiger partial charge >= 0.3 is 16.8 Å². The average molecular weight is 259 g/mol. The van der Waals surface area contributed by atoms with E-state index in [0.29, 0.717) is 0 Å². The molecule has 0 saturated carbocycles. The van der Waals surface area contributed by atoms with Crippen molar-refractivity contribution < 1.29 is 27.0 Å². The molecule has 4 N–H and O–H groups in total. The van der Waals surface area contributed by atoms with E-state index in [-0.39, 0.29) is 22.9 Å². The van der Waals surface area contributed by atoms with Crippen LogP contribution in [-0.2, 0) is 16.8 Å². The van der Waals surface area contributed by atoms with Crippen LogP contribution < -0.4 is 6.15 Å². The molecule has 0 aliphatic heterocycles. The Morgan fingerprint density at radius 2 is 1.08 bits per heavy atom. The van der Waals surface area contributed by atoms with E-state index in [9.17, 15) is 0 Å². The molecule has 79 valence electrons. The Labute approximate surface area is 87.1 Å². The second-order valence-electron chi connectivity index (χ2n) is 0.539. The van der Waals surface area contributed by atoms with Gasteiger partial charge in [0.05, 0.1) is 10.2 Å². The summed E-state index contributed by atoms with van der Waals surface area (Å²) in [5.74, 6) is 0. The van der Waals surface area contributed by atoms with Crippen LogP contribution in [0, 0.1) is 30.6 Å². The first kappa shape index (κ1) is 29.9. The predicted molar refractivity (Wildman–Crippen MR) is 42.7 cm³/mol. The topological polar surface area (TPSA) is 191 Å². The summed E-state index contributed by atoms with van der Waals surface area (Å²) in [6.07, 6.45) is 0. The van der Waals surface area contributed by atoms with E-state index in [0.717, 1.165) is 0 Å². The van der Waals surface area contributed by atoms with Crippen LogP contribution in [0.2, 0.25) is 0 Å². The van der Waals surface area contributed by atoms with Gasteiger partial charge in [0, 0.05) is 0 Å². The minimum Gasteiger partial charge on any atom is -0.753 e. The van der Waals surface area contributed by atoms with Gasteiger partial charge in [-0.2, -0.15) is 5.16 Å². The Morgan fingerprint density at radius 1 is 1.08 bits per heavy atom. The summed E-state index contributed by atoms with van der Waals surface area (Å²) in [5, 5.41) is 38.0. The SMILES string of the molecule is O=[N+]([O-])[O-].O=[N+]([O-])[O-].[Co+2].[N-]=C=S.[NH4+]. The molecule has 13 heavy (non-hydrogen) atoms. The summed E-state index contributed by atoms with van der Waals surface area (Å²) in [6.45, 7) is 0. The van der Waals surface area contributed by atoms with Crippen molar-refractivity contribution in [3.8, 4) is 0 Å². The summed E-state index contributed by atoms with van der Waals surface area (Å²) in [4.78, 5) is 16.5. The fourth-order valence-electron chi connectivity index (χ4n) is 0.